The number of hydrogen-bond acceptors (Lipinski definition) is 5. The molecule has 2 N–H and O–H groups in total. The number of β-amino-alcohol motifs (C(OH)–C–C–N with tert-alkyl or cyclic N) is 1. The van der Waals surface area contributed by atoms with E-state index in [-0.39, 0.29) is 12.5 Å². The number of likely N-dealkylation sites (tertiary alicyclic amines) is 1. The van der Waals surface area contributed by atoms with Crippen molar-refractivity contribution in [3.8, 4) is 0 Å². The minimum absolute atomic E-state index is 0.0740. The number of aliphatic hydroxyl groups excluding tert-OH is 2. The van der Waals surface area contributed by atoms with Gasteiger partial charge in [-0.2, -0.15) is 0 Å². The summed E-state index contributed by atoms with van der Waals surface area (Å²) in [5, 5.41) is 19.9. The first-order valence-electron chi connectivity index (χ1n) is 12.0. The summed E-state index contributed by atoms with van der Waals surface area (Å²) in [6.07, 6.45) is 1.83. The van der Waals surface area contributed by atoms with Crippen molar-refractivity contribution in [2.24, 2.45) is 17.8 Å². The van der Waals surface area contributed by atoms with Crippen LogP contribution in [0.5, 0.6) is 0 Å². The highest BCUT2D eigenvalue weighted by Crippen LogP contribution is 2.37. The lowest BCUT2D eigenvalue weighted by Gasteiger charge is -2.35. The Morgan fingerprint density at radius 2 is 1.47 bits per heavy atom. The number of alkyl halides is 2. The van der Waals surface area contributed by atoms with E-state index >= 15 is 0 Å². The van der Waals surface area contributed by atoms with Crippen LogP contribution in [0.2, 0.25) is 0 Å². The fourth-order valence-corrected chi connectivity index (χ4v) is 4.89. The van der Waals surface area contributed by atoms with Crippen LogP contribution in [0.15, 0.2) is 0 Å². The van der Waals surface area contributed by atoms with Crippen molar-refractivity contribution < 1.29 is 19.0 Å². The summed E-state index contributed by atoms with van der Waals surface area (Å²) >= 11 is 0. The molecule has 2 aliphatic rings. The molecule has 4 atom stereocenters. The van der Waals surface area contributed by atoms with E-state index in [1.807, 2.05) is 6.92 Å². The molecule has 0 spiro atoms. The molecule has 0 aromatic heterocycles. The van der Waals surface area contributed by atoms with Crippen LogP contribution in [0, 0.1) is 17.8 Å². The van der Waals surface area contributed by atoms with Crippen LogP contribution < -0.4 is 0 Å². The standard InChI is InChI=1S/C23H45F2N3O2/c1-18(2)5-7-26-9-11-27(12-10-26)8-6-22(30)16-28-15-21(23(24,25)17-28)14-19(3)13-20(4)29/h18-22,29-30H,5-17H2,1-4H3. The van der Waals surface area contributed by atoms with E-state index in [0.717, 1.165) is 45.2 Å². The summed E-state index contributed by atoms with van der Waals surface area (Å²) in [5.41, 5.74) is 0. The van der Waals surface area contributed by atoms with E-state index in [1.54, 1.807) is 11.8 Å². The zero-order valence-corrected chi connectivity index (χ0v) is 19.6. The van der Waals surface area contributed by atoms with Crippen molar-refractivity contribution in [3.63, 3.8) is 0 Å². The number of hydrogen-bond donors (Lipinski definition) is 2. The minimum Gasteiger partial charge on any atom is -0.393 e. The molecule has 0 saturated carbocycles. The Hall–Kier alpha value is -0.340. The maximum absolute atomic E-state index is 14.4. The van der Waals surface area contributed by atoms with E-state index in [4.69, 9.17) is 0 Å². The molecule has 0 bridgehead atoms. The van der Waals surface area contributed by atoms with Crippen LogP contribution >= 0.6 is 0 Å². The van der Waals surface area contributed by atoms with Gasteiger partial charge in [-0.15, -0.1) is 0 Å². The predicted molar refractivity (Wildman–Crippen MR) is 118 cm³/mol. The minimum atomic E-state index is -2.71. The molecule has 0 amide bonds. The lowest BCUT2D eigenvalue weighted by molar-refractivity contribution is -0.0364. The van der Waals surface area contributed by atoms with Crippen molar-refractivity contribution in [3.05, 3.63) is 0 Å². The third kappa shape index (κ3) is 9.03. The summed E-state index contributed by atoms with van der Waals surface area (Å²) in [7, 11) is 0. The summed E-state index contributed by atoms with van der Waals surface area (Å²) in [4.78, 5) is 6.63. The zero-order chi connectivity index (χ0) is 22.3. The average molecular weight is 434 g/mol. The van der Waals surface area contributed by atoms with Gasteiger partial charge in [0.25, 0.3) is 5.92 Å². The average Bonchev–Trinajstić information content (AvgIpc) is 2.91. The monoisotopic (exact) mass is 433 g/mol. The van der Waals surface area contributed by atoms with Gasteiger partial charge in [-0.1, -0.05) is 20.8 Å². The SMILES string of the molecule is CC(C)CCN1CCN(CCC(O)CN2CC(CC(C)CC(C)O)C(F)(F)C2)CC1. The number of nitrogens with zero attached hydrogens (tertiary/aromatic N) is 3. The molecule has 2 fully saturated rings. The Bertz CT molecular complexity index is 485. The first-order valence-corrected chi connectivity index (χ1v) is 12.0. The van der Waals surface area contributed by atoms with E-state index in [9.17, 15) is 19.0 Å². The van der Waals surface area contributed by atoms with Crippen LogP contribution in [0.1, 0.15) is 53.4 Å². The third-order valence-corrected chi connectivity index (χ3v) is 6.68. The Balaban J connectivity index is 1.66. The molecule has 0 aromatic carbocycles. The van der Waals surface area contributed by atoms with Gasteiger partial charge in [-0.3, -0.25) is 4.90 Å². The maximum atomic E-state index is 14.4. The molecule has 4 unspecified atom stereocenters. The summed E-state index contributed by atoms with van der Waals surface area (Å²) < 4.78 is 28.9. The molecular weight excluding hydrogens is 388 g/mol. The maximum Gasteiger partial charge on any atom is 0.264 e. The molecule has 0 aliphatic carbocycles. The lowest BCUT2D eigenvalue weighted by atomic mass is 9.89. The molecule has 178 valence electrons. The second-order valence-electron chi connectivity index (χ2n) is 10.4. The number of aliphatic hydroxyl groups is 2. The number of piperazine rings is 1. The Morgan fingerprint density at radius 1 is 0.900 bits per heavy atom. The summed E-state index contributed by atoms with van der Waals surface area (Å²) in [5.74, 6) is -2.58. The largest absolute Gasteiger partial charge is 0.393 e. The highest BCUT2D eigenvalue weighted by Gasteiger charge is 2.48. The normalized spacial score (nSPS) is 26.9. The van der Waals surface area contributed by atoms with E-state index in [1.165, 1.54) is 6.42 Å². The van der Waals surface area contributed by atoms with Gasteiger partial charge >= 0.3 is 0 Å². The van der Waals surface area contributed by atoms with Crippen molar-refractivity contribution in [2.45, 2.75) is 71.5 Å². The third-order valence-electron chi connectivity index (χ3n) is 6.68. The first-order chi connectivity index (χ1) is 14.0. The molecule has 2 aliphatic heterocycles. The molecule has 7 heteroatoms. The highest BCUT2D eigenvalue weighted by molar-refractivity contribution is 4.92. The number of rotatable bonds is 12. The molecule has 5 nitrogen and oxygen atoms in total. The van der Waals surface area contributed by atoms with Crippen LogP contribution in [0.3, 0.4) is 0 Å². The van der Waals surface area contributed by atoms with Crippen LogP contribution in [0.25, 0.3) is 0 Å². The van der Waals surface area contributed by atoms with Gasteiger partial charge in [0.05, 0.1) is 18.8 Å². The Labute approximate surface area is 182 Å². The van der Waals surface area contributed by atoms with Gasteiger partial charge in [0, 0.05) is 51.7 Å². The van der Waals surface area contributed by atoms with Crippen LogP contribution in [-0.4, -0.2) is 102 Å². The van der Waals surface area contributed by atoms with Crippen molar-refractivity contribution >= 4 is 0 Å². The number of halogens is 2. The van der Waals surface area contributed by atoms with Gasteiger partial charge < -0.3 is 20.0 Å². The molecule has 2 heterocycles. The molecule has 2 rings (SSSR count). The Kier molecular flexibility index (Phi) is 10.4. The fraction of sp³-hybridized carbons (Fsp3) is 1.00. The molecule has 2 saturated heterocycles. The molecule has 0 aromatic rings. The van der Waals surface area contributed by atoms with E-state index in [0.29, 0.717) is 32.4 Å². The van der Waals surface area contributed by atoms with Crippen molar-refractivity contribution in [1.29, 1.82) is 0 Å². The van der Waals surface area contributed by atoms with E-state index < -0.39 is 24.0 Å². The smallest absolute Gasteiger partial charge is 0.264 e. The lowest BCUT2D eigenvalue weighted by Crippen LogP contribution is -2.47. The van der Waals surface area contributed by atoms with Gasteiger partial charge in [0.2, 0.25) is 0 Å². The summed E-state index contributed by atoms with van der Waals surface area (Å²) in [6, 6.07) is 0. The van der Waals surface area contributed by atoms with E-state index in [2.05, 4.69) is 23.6 Å². The van der Waals surface area contributed by atoms with Crippen molar-refractivity contribution in [2.75, 3.05) is 58.9 Å². The Morgan fingerprint density at radius 3 is 2.00 bits per heavy atom. The van der Waals surface area contributed by atoms with Gasteiger partial charge in [-0.05, 0) is 51.0 Å². The first kappa shape index (κ1) is 25.9. The highest BCUT2D eigenvalue weighted by atomic mass is 19.3. The summed E-state index contributed by atoms with van der Waals surface area (Å²) in [6.45, 7) is 14.7. The molecule has 0 radical (unpaired) electrons. The zero-order valence-electron chi connectivity index (χ0n) is 19.6. The van der Waals surface area contributed by atoms with Gasteiger partial charge in [-0.25, -0.2) is 8.78 Å². The van der Waals surface area contributed by atoms with Gasteiger partial charge in [0.1, 0.15) is 0 Å². The topological polar surface area (TPSA) is 50.2 Å². The van der Waals surface area contributed by atoms with Crippen molar-refractivity contribution in [1.82, 2.24) is 14.7 Å². The van der Waals surface area contributed by atoms with Crippen LogP contribution in [0.4, 0.5) is 8.78 Å². The second kappa shape index (κ2) is 12.0. The quantitative estimate of drug-likeness (QED) is 0.496. The molecular formula is C23H45F2N3O2. The van der Waals surface area contributed by atoms with Crippen LogP contribution in [-0.2, 0) is 0 Å². The van der Waals surface area contributed by atoms with Gasteiger partial charge in [0.15, 0.2) is 0 Å². The predicted octanol–water partition coefficient (Wildman–Crippen LogP) is 2.77. The molecule has 30 heavy (non-hydrogen) atoms. The second-order valence-corrected chi connectivity index (χ2v) is 10.4. The fourth-order valence-electron chi connectivity index (χ4n) is 4.89.